The molecule has 3 rings (SSSR count). The van der Waals surface area contributed by atoms with E-state index >= 15 is 0 Å². The molecule has 5 heteroatoms. The van der Waals surface area contributed by atoms with Crippen LogP contribution in [0.2, 0.25) is 0 Å². The Morgan fingerprint density at radius 3 is 2.43 bits per heavy atom. The average Bonchev–Trinajstić information content (AvgIpc) is 2.85. The number of hydrogen-bond donors (Lipinski definition) is 1. The molecule has 1 aromatic heterocycles. The molecule has 0 spiro atoms. The van der Waals surface area contributed by atoms with Gasteiger partial charge in [0, 0.05) is 10.0 Å². The lowest BCUT2D eigenvalue weighted by atomic mass is 10.00. The molecule has 1 heterocycles. The normalized spacial score (nSPS) is 10.8. The van der Waals surface area contributed by atoms with E-state index in [4.69, 9.17) is 10.3 Å². The highest BCUT2D eigenvalue weighted by molar-refractivity contribution is 9.10. The summed E-state index contributed by atoms with van der Waals surface area (Å²) < 4.78 is 19.5. The van der Waals surface area contributed by atoms with Gasteiger partial charge in [-0.1, -0.05) is 33.2 Å². The number of anilines is 1. The third-order valence-electron chi connectivity index (χ3n) is 3.28. The van der Waals surface area contributed by atoms with Gasteiger partial charge in [-0.15, -0.1) is 0 Å². The van der Waals surface area contributed by atoms with Crippen LogP contribution < -0.4 is 5.73 Å². The Kier molecular flexibility index (Phi) is 3.51. The summed E-state index contributed by atoms with van der Waals surface area (Å²) in [4.78, 5) is 0. The van der Waals surface area contributed by atoms with Crippen molar-refractivity contribution < 1.29 is 8.91 Å². The molecule has 106 valence electrons. The predicted octanol–water partition coefficient (Wildman–Crippen LogP) is 4.80. The summed E-state index contributed by atoms with van der Waals surface area (Å²) in [5.41, 5.74) is 9.45. The quantitative estimate of drug-likeness (QED) is 0.724. The maximum atomic E-state index is 13.4. The van der Waals surface area contributed by atoms with Crippen LogP contribution in [0.4, 0.5) is 10.3 Å². The molecule has 2 N–H and O–H groups in total. The zero-order valence-electron chi connectivity index (χ0n) is 11.2. The molecule has 0 aliphatic carbocycles. The Hall–Kier alpha value is -2.14. The Morgan fingerprint density at radius 1 is 1.10 bits per heavy atom. The van der Waals surface area contributed by atoms with E-state index in [0.29, 0.717) is 16.8 Å². The Balaban J connectivity index is 2.16. The number of aromatic nitrogens is 1. The zero-order chi connectivity index (χ0) is 15.0. The summed E-state index contributed by atoms with van der Waals surface area (Å²) >= 11 is 3.40. The van der Waals surface area contributed by atoms with Crippen LogP contribution in [0.15, 0.2) is 51.5 Å². The number of benzene rings is 2. The summed E-state index contributed by atoms with van der Waals surface area (Å²) in [5.74, 6) is -0.00490. The molecular weight excluding hydrogens is 335 g/mol. The molecule has 0 aliphatic heterocycles. The first-order valence-electron chi connectivity index (χ1n) is 6.34. The first-order chi connectivity index (χ1) is 10.1. The number of nitrogens with two attached hydrogens (primary N) is 1. The fourth-order valence-electron chi connectivity index (χ4n) is 2.19. The van der Waals surface area contributed by atoms with Gasteiger partial charge in [0.15, 0.2) is 0 Å². The van der Waals surface area contributed by atoms with Crippen LogP contribution in [0.1, 0.15) is 5.56 Å². The maximum absolute atomic E-state index is 13.4. The van der Waals surface area contributed by atoms with Crippen LogP contribution in [-0.4, -0.2) is 5.16 Å². The SMILES string of the molecule is Cc1cc(-c2noc(N)c2-c2ccc(Br)cc2)ccc1F. The molecule has 2 aromatic carbocycles. The van der Waals surface area contributed by atoms with Gasteiger partial charge in [-0.05, 0) is 48.4 Å². The summed E-state index contributed by atoms with van der Waals surface area (Å²) in [6.07, 6.45) is 0. The Morgan fingerprint density at radius 2 is 1.76 bits per heavy atom. The number of aryl methyl sites for hydroxylation is 1. The van der Waals surface area contributed by atoms with E-state index in [9.17, 15) is 4.39 Å². The van der Waals surface area contributed by atoms with Crippen molar-refractivity contribution in [3.8, 4) is 22.4 Å². The smallest absolute Gasteiger partial charge is 0.230 e. The molecule has 3 nitrogen and oxygen atoms in total. The van der Waals surface area contributed by atoms with Crippen LogP contribution in [0.3, 0.4) is 0 Å². The Bertz CT molecular complexity index is 797. The second kappa shape index (κ2) is 5.33. The summed E-state index contributed by atoms with van der Waals surface area (Å²) in [7, 11) is 0. The van der Waals surface area contributed by atoms with Gasteiger partial charge < -0.3 is 10.3 Å². The van der Waals surface area contributed by atoms with Gasteiger partial charge in [0.05, 0.1) is 5.56 Å². The van der Waals surface area contributed by atoms with Gasteiger partial charge in [0.2, 0.25) is 5.88 Å². The minimum atomic E-state index is -0.250. The Labute approximate surface area is 129 Å². The second-order valence-corrected chi connectivity index (χ2v) is 5.66. The molecule has 0 amide bonds. The van der Waals surface area contributed by atoms with Crippen LogP contribution in [0.25, 0.3) is 22.4 Å². The lowest BCUT2D eigenvalue weighted by Crippen LogP contribution is -1.89. The van der Waals surface area contributed by atoms with E-state index in [1.165, 1.54) is 6.07 Å². The molecule has 0 radical (unpaired) electrons. The van der Waals surface area contributed by atoms with Gasteiger partial charge >= 0.3 is 0 Å². The van der Waals surface area contributed by atoms with E-state index in [-0.39, 0.29) is 11.7 Å². The van der Waals surface area contributed by atoms with Gasteiger partial charge in [0.1, 0.15) is 11.5 Å². The monoisotopic (exact) mass is 346 g/mol. The van der Waals surface area contributed by atoms with Crippen LogP contribution in [0, 0.1) is 12.7 Å². The average molecular weight is 347 g/mol. The topological polar surface area (TPSA) is 52.0 Å². The highest BCUT2D eigenvalue weighted by atomic mass is 79.9. The van der Waals surface area contributed by atoms with Crippen LogP contribution in [0.5, 0.6) is 0 Å². The fraction of sp³-hybridized carbons (Fsp3) is 0.0625. The van der Waals surface area contributed by atoms with Gasteiger partial charge in [0.25, 0.3) is 0 Å². The van der Waals surface area contributed by atoms with E-state index in [1.54, 1.807) is 19.1 Å². The van der Waals surface area contributed by atoms with Crippen LogP contribution in [-0.2, 0) is 0 Å². The zero-order valence-corrected chi connectivity index (χ0v) is 12.8. The standard InChI is InChI=1S/C16H12BrFN2O/c1-9-8-11(4-7-13(9)18)15-14(16(19)21-20-15)10-2-5-12(17)6-3-10/h2-8H,19H2,1H3. The molecular formula is C16H12BrFN2O. The van der Waals surface area contributed by atoms with E-state index in [0.717, 1.165) is 15.6 Å². The van der Waals surface area contributed by atoms with Crippen molar-refractivity contribution in [2.45, 2.75) is 6.92 Å². The van der Waals surface area contributed by atoms with Crippen molar-refractivity contribution in [3.63, 3.8) is 0 Å². The molecule has 0 atom stereocenters. The van der Waals surface area contributed by atoms with Crippen molar-refractivity contribution in [3.05, 3.63) is 58.3 Å². The van der Waals surface area contributed by atoms with Crippen molar-refractivity contribution >= 4 is 21.8 Å². The van der Waals surface area contributed by atoms with Gasteiger partial charge in [-0.2, -0.15) is 0 Å². The van der Waals surface area contributed by atoms with E-state index < -0.39 is 0 Å². The molecule has 3 aromatic rings. The molecule has 21 heavy (non-hydrogen) atoms. The lowest BCUT2D eigenvalue weighted by Gasteiger charge is -2.04. The number of rotatable bonds is 2. The largest absolute Gasteiger partial charge is 0.367 e. The van der Waals surface area contributed by atoms with Gasteiger partial charge in [-0.25, -0.2) is 4.39 Å². The fourth-order valence-corrected chi connectivity index (χ4v) is 2.45. The minimum Gasteiger partial charge on any atom is -0.367 e. The van der Waals surface area contributed by atoms with Crippen LogP contribution >= 0.6 is 15.9 Å². The summed E-state index contributed by atoms with van der Waals surface area (Å²) in [6.45, 7) is 1.71. The first kappa shape index (κ1) is 13.8. The number of hydrogen-bond acceptors (Lipinski definition) is 3. The van der Waals surface area contributed by atoms with Crippen molar-refractivity contribution in [1.29, 1.82) is 0 Å². The first-order valence-corrected chi connectivity index (χ1v) is 7.13. The predicted molar refractivity (Wildman–Crippen MR) is 84.2 cm³/mol. The lowest BCUT2D eigenvalue weighted by molar-refractivity contribution is 0.439. The highest BCUT2D eigenvalue weighted by Crippen LogP contribution is 2.36. The van der Waals surface area contributed by atoms with E-state index in [1.807, 2.05) is 24.3 Å². The van der Waals surface area contributed by atoms with Gasteiger partial charge in [-0.3, -0.25) is 0 Å². The molecule has 0 saturated carbocycles. The third-order valence-corrected chi connectivity index (χ3v) is 3.81. The number of nitrogen functional groups attached to an aromatic ring is 1. The molecule has 0 fully saturated rings. The van der Waals surface area contributed by atoms with Crippen molar-refractivity contribution in [1.82, 2.24) is 5.16 Å². The number of nitrogens with zero attached hydrogens (tertiary/aromatic N) is 1. The molecule has 0 saturated heterocycles. The molecule has 0 unspecified atom stereocenters. The van der Waals surface area contributed by atoms with E-state index in [2.05, 4.69) is 21.1 Å². The second-order valence-electron chi connectivity index (χ2n) is 4.74. The third kappa shape index (κ3) is 2.56. The maximum Gasteiger partial charge on any atom is 0.230 e. The minimum absolute atomic E-state index is 0.245. The van der Waals surface area contributed by atoms with Crippen molar-refractivity contribution in [2.75, 3.05) is 5.73 Å². The number of halogens is 2. The van der Waals surface area contributed by atoms with Crippen molar-refractivity contribution in [2.24, 2.45) is 0 Å². The molecule has 0 bridgehead atoms. The summed E-state index contributed by atoms with van der Waals surface area (Å²) in [6, 6.07) is 12.5. The highest BCUT2D eigenvalue weighted by Gasteiger charge is 2.18. The summed E-state index contributed by atoms with van der Waals surface area (Å²) in [5, 5.41) is 4.02. The molecule has 0 aliphatic rings.